The summed E-state index contributed by atoms with van der Waals surface area (Å²) in [5.41, 5.74) is 1.37. The normalized spacial score (nSPS) is 9.76. The van der Waals surface area contributed by atoms with Crippen LogP contribution in [0.2, 0.25) is 0 Å². The number of para-hydroxylation sites is 1. The summed E-state index contributed by atoms with van der Waals surface area (Å²) in [5, 5.41) is 11.3. The Balaban J connectivity index is 1.99. The Labute approximate surface area is 121 Å². The van der Waals surface area contributed by atoms with Crippen molar-refractivity contribution in [3.63, 3.8) is 0 Å². The van der Waals surface area contributed by atoms with Gasteiger partial charge in [0, 0.05) is 0 Å². The molecule has 4 nitrogen and oxygen atoms in total. The topological polar surface area (TPSA) is 62.1 Å². The van der Waals surface area contributed by atoms with Gasteiger partial charge in [0.15, 0.2) is 6.61 Å². The summed E-state index contributed by atoms with van der Waals surface area (Å²) in [5.74, 6) is -0.520. The Bertz CT molecular complexity index is 708. The van der Waals surface area contributed by atoms with E-state index >= 15 is 0 Å². The van der Waals surface area contributed by atoms with Crippen LogP contribution in [0, 0.1) is 24.1 Å². The number of nitriles is 1. The minimum Gasteiger partial charge on any atom is -0.483 e. The van der Waals surface area contributed by atoms with Gasteiger partial charge in [-0.25, -0.2) is 4.39 Å². The third kappa shape index (κ3) is 3.80. The Hall–Kier alpha value is -2.87. The summed E-state index contributed by atoms with van der Waals surface area (Å²) in [6.07, 6.45) is 0. The van der Waals surface area contributed by atoms with Crippen molar-refractivity contribution in [1.29, 1.82) is 5.26 Å². The lowest BCUT2D eigenvalue weighted by molar-refractivity contribution is -0.118. The van der Waals surface area contributed by atoms with Crippen molar-refractivity contribution in [2.24, 2.45) is 0 Å². The van der Waals surface area contributed by atoms with Crippen LogP contribution in [0.15, 0.2) is 42.5 Å². The number of halogens is 1. The van der Waals surface area contributed by atoms with Gasteiger partial charge in [-0.2, -0.15) is 5.26 Å². The molecule has 0 heterocycles. The molecule has 0 aliphatic carbocycles. The minimum atomic E-state index is -0.506. The van der Waals surface area contributed by atoms with E-state index in [1.165, 1.54) is 18.2 Å². The second kappa shape index (κ2) is 6.53. The maximum atomic E-state index is 13.4. The van der Waals surface area contributed by atoms with E-state index in [2.05, 4.69) is 5.32 Å². The first kappa shape index (κ1) is 14.5. The van der Waals surface area contributed by atoms with Crippen molar-refractivity contribution in [1.82, 2.24) is 0 Å². The van der Waals surface area contributed by atoms with E-state index in [0.29, 0.717) is 11.3 Å². The Morgan fingerprint density at radius 3 is 2.81 bits per heavy atom. The molecule has 21 heavy (non-hydrogen) atoms. The fourth-order valence-electron chi connectivity index (χ4n) is 1.72. The van der Waals surface area contributed by atoms with Gasteiger partial charge in [-0.1, -0.05) is 18.2 Å². The van der Waals surface area contributed by atoms with Crippen molar-refractivity contribution in [2.75, 3.05) is 11.9 Å². The number of hydrogen-bond acceptors (Lipinski definition) is 3. The van der Waals surface area contributed by atoms with Gasteiger partial charge in [0.1, 0.15) is 11.6 Å². The highest BCUT2D eigenvalue weighted by Crippen LogP contribution is 2.19. The smallest absolute Gasteiger partial charge is 0.262 e. The first-order valence-corrected chi connectivity index (χ1v) is 6.28. The fraction of sp³-hybridized carbons (Fsp3) is 0.125. The second-order valence-electron chi connectivity index (χ2n) is 4.41. The van der Waals surface area contributed by atoms with Gasteiger partial charge < -0.3 is 10.1 Å². The molecular formula is C16H13FN2O2. The number of carbonyl (C=O) groups is 1. The van der Waals surface area contributed by atoms with Gasteiger partial charge >= 0.3 is 0 Å². The first-order valence-electron chi connectivity index (χ1n) is 6.28. The Morgan fingerprint density at radius 1 is 1.33 bits per heavy atom. The Kier molecular flexibility index (Phi) is 4.52. The molecule has 0 saturated carbocycles. The minimum absolute atomic E-state index is 0.105. The van der Waals surface area contributed by atoms with Crippen molar-refractivity contribution < 1.29 is 13.9 Å². The van der Waals surface area contributed by atoms with Gasteiger partial charge in [-0.05, 0) is 36.8 Å². The number of nitrogens with one attached hydrogen (secondary N) is 1. The Morgan fingerprint density at radius 2 is 2.10 bits per heavy atom. The van der Waals surface area contributed by atoms with E-state index in [-0.39, 0.29) is 12.3 Å². The van der Waals surface area contributed by atoms with E-state index in [1.54, 1.807) is 24.3 Å². The average Bonchev–Trinajstić information content (AvgIpc) is 2.49. The number of ether oxygens (including phenoxy) is 1. The van der Waals surface area contributed by atoms with E-state index < -0.39 is 11.7 Å². The van der Waals surface area contributed by atoms with Crippen LogP contribution in [0.5, 0.6) is 5.75 Å². The lowest BCUT2D eigenvalue weighted by Gasteiger charge is -2.10. The van der Waals surface area contributed by atoms with Gasteiger partial charge in [0.25, 0.3) is 5.91 Å². The molecule has 0 aromatic heterocycles. The number of nitrogens with zero attached hydrogens (tertiary/aromatic N) is 1. The molecule has 106 valence electrons. The molecule has 0 radical (unpaired) electrons. The highest BCUT2D eigenvalue weighted by Gasteiger charge is 2.08. The molecule has 2 aromatic rings. The largest absolute Gasteiger partial charge is 0.483 e. The van der Waals surface area contributed by atoms with Crippen LogP contribution < -0.4 is 10.1 Å². The van der Waals surface area contributed by atoms with Crippen LogP contribution in [-0.2, 0) is 4.79 Å². The maximum absolute atomic E-state index is 13.4. The highest BCUT2D eigenvalue weighted by molar-refractivity contribution is 5.92. The zero-order chi connectivity index (χ0) is 15.2. The molecule has 2 aromatic carbocycles. The molecule has 0 saturated heterocycles. The van der Waals surface area contributed by atoms with Gasteiger partial charge in [0.05, 0.1) is 17.3 Å². The first-order chi connectivity index (χ1) is 10.1. The molecule has 0 bridgehead atoms. The number of rotatable bonds is 4. The van der Waals surface area contributed by atoms with Crippen LogP contribution in [0.25, 0.3) is 0 Å². The number of aryl methyl sites for hydroxylation is 1. The molecule has 0 fully saturated rings. The quantitative estimate of drug-likeness (QED) is 0.938. The van der Waals surface area contributed by atoms with E-state index in [0.717, 1.165) is 5.56 Å². The predicted octanol–water partition coefficient (Wildman–Crippen LogP) is 3.02. The zero-order valence-corrected chi connectivity index (χ0v) is 11.4. The summed E-state index contributed by atoms with van der Waals surface area (Å²) in [6.45, 7) is 1.55. The van der Waals surface area contributed by atoms with Gasteiger partial charge in [0.2, 0.25) is 0 Å². The zero-order valence-electron chi connectivity index (χ0n) is 11.4. The lowest BCUT2D eigenvalue weighted by atomic mass is 10.1. The third-order valence-corrected chi connectivity index (χ3v) is 2.82. The molecular weight excluding hydrogens is 271 g/mol. The van der Waals surface area contributed by atoms with Crippen molar-refractivity contribution in [3.8, 4) is 11.8 Å². The van der Waals surface area contributed by atoms with Crippen LogP contribution in [0.1, 0.15) is 11.1 Å². The number of hydrogen-bond donors (Lipinski definition) is 1. The molecule has 0 aliphatic rings. The second-order valence-corrected chi connectivity index (χ2v) is 4.41. The SMILES string of the molecule is Cc1ccc(C#N)cc1OCC(=O)Nc1ccccc1F. The molecule has 2 rings (SSSR count). The van der Waals surface area contributed by atoms with Crippen LogP contribution >= 0.6 is 0 Å². The van der Waals surface area contributed by atoms with Crippen molar-refractivity contribution in [2.45, 2.75) is 6.92 Å². The summed E-state index contributed by atoms with van der Waals surface area (Å²) in [6, 6.07) is 12.9. The lowest BCUT2D eigenvalue weighted by Crippen LogP contribution is -2.21. The van der Waals surface area contributed by atoms with E-state index in [4.69, 9.17) is 10.00 Å². The maximum Gasteiger partial charge on any atom is 0.262 e. The molecule has 0 atom stereocenters. The molecule has 1 N–H and O–H groups in total. The van der Waals surface area contributed by atoms with E-state index in [9.17, 15) is 9.18 Å². The van der Waals surface area contributed by atoms with Crippen molar-refractivity contribution >= 4 is 11.6 Å². The van der Waals surface area contributed by atoms with Crippen LogP contribution in [0.4, 0.5) is 10.1 Å². The third-order valence-electron chi connectivity index (χ3n) is 2.82. The average molecular weight is 284 g/mol. The molecule has 0 unspecified atom stereocenters. The molecule has 0 aliphatic heterocycles. The molecule has 5 heteroatoms. The predicted molar refractivity (Wildman–Crippen MR) is 76.4 cm³/mol. The summed E-state index contributed by atoms with van der Waals surface area (Å²) >= 11 is 0. The summed E-state index contributed by atoms with van der Waals surface area (Å²) in [4.78, 5) is 11.7. The van der Waals surface area contributed by atoms with Crippen LogP contribution in [0.3, 0.4) is 0 Å². The number of anilines is 1. The fourth-order valence-corrected chi connectivity index (χ4v) is 1.72. The standard InChI is InChI=1S/C16H13FN2O2/c1-11-6-7-12(9-18)8-15(11)21-10-16(20)19-14-5-3-2-4-13(14)17/h2-8H,10H2,1H3,(H,19,20). The van der Waals surface area contributed by atoms with Crippen LogP contribution in [-0.4, -0.2) is 12.5 Å². The number of carbonyl (C=O) groups excluding carboxylic acids is 1. The highest BCUT2D eigenvalue weighted by atomic mass is 19.1. The van der Waals surface area contributed by atoms with Gasteiger partial charge in [-0.15, -0.1) is 0 Å². The number of benzene rings is 2. The summed E-state index contributed by atoms with van der Waals surface area (Å²) in [7, 11) is 0. The van der Waals surface area contributed by atoms with E-state index in [1.807, 2.05) is 13.0 Å². The molecule has 0 spiro atoms. The summed E-state index contributed by atoms with van der Waals surface area (Å²) < 4.78 is 18.8. The van der Waals surface area contributed by atoms with Crippen molar-refractivity contribution in [3.05, 3.63) is 59.4 Å². The van der Waals surface area contributed by atoms with Gasteiger partial charge in [-0.3, -0.25) is 4.79 Å². The number of amides is 1. The molecule has 1 amide bonds. The monoisotopic (exact) mass is 284 g/mol.